The maximum atomic E-state index is 10.9. The van der Waals surface area contributed by atoms with E-state index in [9.17, 15) is 4.79 Å². The molecule has 1 aromatic heterocycles. The van der Waals surface area contributed by atoms with Gasteiger partial charge in [-0.1, -0.05) is 30.6 Å². The van der Waals surface area contributed by atoms with Crippen molar-refractivity contribution in [2.75, 3.05) is 6.61 Å². The highest BCUT2D eigenvalue weighted by atomic mass is 16.5. The molecule has 25 heavy (non-hydrogen) atoms. The summed E-state index contributed by atoms with van der Waals surface area (Å²) in [5.74, 6) is 0.534. The Kier molecular flexibility index (Phi) is 5.14. The van der Waals surface area contributed by atoms with Gasteiger partial charge in [0, 0.05) is 17.2 Å². The standard InChI is InChI=1S/C20H19NO4/c1-2-3-12-24-17-10-8-15(9-11-17)19-13-18(21-25-19)14-4-6-16(7-5-14)20(22)23/h4-11,13H,2-3,12H2,1H3,(H,22,23). The first-order valence-electron chi connectivity index (χ1n) is 8.21. The normalized spacial score (nSPS) is 10.6. The number of ether oxygens (including phenoxy) is 1. The van der Waals surface area contributed by atoms with Crippen molar-refractivity contribution in [2.45, 2.75) is 19.8 Å². The van der Waals surface area contributed by atoms with Crippen LogP contribution >= 0.6 is 0 Å². The molecule has 128 valence electrons. The van der Waals surface area contributed by atoms with Gasteiger partial charge in [-0.25, -0.2) is 4.79 Å². The predicted molar refractivity (Wildman–Crippen MR) is 94.7 cm³/mol. The molecule has 0 saturated heterocycles. The minimum Gasteiger partial charge on any atom is -0.494 e. The molecule has 1 N–H and O–H groups in total. The Morgan fingerprint density at radius 1 is 1.08 bits per heavy atom. The van der Waals surface area contributed by atoms with Crippen LogP contribution in [0.3, 0.4) is 0 Å². The van der Waals surface area contributed by atoms with Crippen LogP contribution in [0.2, 0.25) is 0 Å². The Morgan fingerprint density at radius 2 is 1.76 bits per heavy atom. The van der Waals surface area contributed by atoms with Gasteiger partial charge in [0.05, 0.1) is 12.2 Å². The van der Waals surface area contributed by atoms with Crippen LogP contribution in [0, 0.1) is 0 Å². The number of nitrogens with zero attached hydrogens (tertiary/aromatic N) is 1. The van der Waals surface area contributed by atoms with Crippen molar-refractivity contribution < 1.29 is 19.2 Å². The molecular weight excluding hydrogens is 318 g/mol. The molecule has 3 rings (SSSR count). The van der Waals surface area contributed by atoms with E-state index in [4.69, 9.17) is 14.4 Å². The average molecular weight is 337 g/mol. The second-order valence-electron chi connectivity index (χ2n) is 5.69. The summed E-state index contributed by atoms with van der Waals surface area (Å²) < 4.78 is 11.1. The molecule has 1 heterocycles. The molecule has 0 radical (unpaired) electrons. The molecule has 0 amide bonds. The van der Waals surface area contributed by atoms with Crippen LogP contribution in [0.4, 0.5) is 0 Å². The van der Waals surface area contributed by atoms with Crippen molar-refractivity contribution >= 4 is 5.97 Å². The molecule has 0 aliphatic carbocycles. The summed E-state index contributed by atoms with van der Waals surface area (Å²) >= 11 is 0. The number of rotatable bonds is 7. The lowest BCUT2D eigenvalue weighted by atomic mass is 10.1. The molecule has 0 aliphatic rings. The van der Waals surface area contributed by atoms with Crippen LogP contribution in [0.15, 0.2) is 59.1 Å². The predicted octanol–water partition coefficient (Wildman–Crippen LogP) is 4.89. The summed E-state index contributed by atoms with van der Waals surface area (Å²) in [4.78, 5) is 10.9. The van der Waals surface area contributed by atoms with Crippen LogP contribution in [0.25, 0.3) is 22.6 Å². The molecule has 3 aromatic rings. The van der Waals surface area contributed by atoms with Crippen molar-refractivity contribution in [1.82, 2.24) is 5.16 Å². The highest BCUT2D eigenvalue weighted by molar-refractivity contribution is 5.88. The van der Waals surface area contributed by atoms with Gasteiger partial charge in [0.25, 0.3) is 0 Å². The molecule has 0 saturated carbocycles. The summed E-state index contributed by atoms with van der Waals surface area (Å²) in [5, 5.41) is 13.0. The van der Waals surface area contributed by atoms with Gasteiger partial charge in [0.15, 0.2) is 5.76 Å². The van der Waals surface area contributed by atoms with E-state index in [1.807, 2.05) is 30.3 Å². The van der Waals surface area contributed by atoms with Gasteiger partial charge in [-0.05, 0) is 42.8 Å². The first-order chi connectivity index (χ1) is 12.2. The van der Waals surface area contributed by atoms with Crippen molar-refractivity contribution in [2.24, 2.45) is 0 Å². The van der Waals surface area contributed by atoms with E-state index in [0.29, 0.717) is 18.1 Å². The Bertz CT molecular complexity index is 835. The number of carboxylic acids is 1. The number of aromatic carboxylic acids is 1. The van der Waals surface area contributed by atoms with E-state index in [2.05, 4.69) is 12.1 Å². The number of carbonyl (C=O) groups is 1. The fraction of sp³-hybridized carbons (Fsp3) is 0.200. The van der Waals surface area contributed by atoms with Crippen LogP contribution in [-0.4, -0.2) is 22.8 Å². The molecule has 0 spiro atoms. The zero-order chi connectivity index (χ0) is 17.6. The lowest BCUT2D eigenvalue weighted by molar-refractivity contribution is 0.0697. The number of carboxylic acid groups (broad SMARTS) is 1. The zero-order valence-electron chi connectivity index (χ0n) is 13.9. The Labute approximate surface area is 145 Å². The summed E-state index contributed by atoms with van der Waals surface area (Å²) in [6.07, 6.45) is 2.14. The summed E-state index contributed by atoms with van der Waals surface area (Å²) in [6.45, 7) is 2.85. The third-order valence-electron chi connectivity index (χ3n) is 3.84. The third-order valence-corrected chi connectivity index (χ3v) is 3.84. The van der Waals surface area contributed by atoms with Crippen LogP contribution in [0.5, 0.6) is 5.75 Å². The quantitative estimate of drug-likeness (QED) is 0.622. The van der Waals surface area contributed by atoms with Crippen molar-refractivity contribution in [1.29, 1.82) is 0 Å². The maximum Gasteiger partial charge on any atom is 0.335 e. The van der Waals surface area contributed by atoms with Gasteiger partial charge in [-0.2, -0.15) is 0 Å². The maximum absolute atomic E-state index is 10.9. The second kappa shape index (κ2) is 7.66. The SMILES string of the molecule is CCCCOc1ccc(-c2cc(-c3ccc(C(=O)O)cc3)no2)cc1. The third kappa shape index (κ3) is 4.07. The summed E-state index contributed by atoms with van der Waals surface area (Å²) in [7, 11) is 0. The van der Waals surface area contributed by atoms with E-state index in [0.717, 1.165) is 29.7 Å². The van der Waals surface area contributed by atoms with Crippen molar-refractivity contribution in [3.63, 3.8) is 0 Å². The fourth-order valence-electron chi connectivity index (χ4n) is 2.38. The number of hydrogen-bond acceptors (Lipinski definition) is 4. The topological polar surface area (TPSA) is 72.6 Å². The second-order valence-corrected chi connectivity index (χ2v) is 5.69. The zero-order valence-corrected chi connectivity index (χ0v) is 13.9. The first kappa shape index (κ1) is 16.8. The molecule has 5 heteroatoms. The lowest BCUT2D eigenvalue weighted by Gasteiger charge is -2.05. The summed E-state index contributed by atoms with van der Waals surface area (Å²) in [5.41, 5.74) is 2.62. The van der Waals surface area contributed by atoms with E-state index < -0.39 is 5.97 Å². The number of aromatic nitrogens is 1. The minimum atomic E-state index is -0.950. The van der Waals surface area contributed by atoms with Crippen molar-refractivity contribution in [3.05, 3.63) is 60.2 Å². The molecule has 5 nitrogen and oxygen atoms in total. The van der Waals surface area contributed by atoms with E-state index in [-0.39, 0.29) is 5.56 Å². The smallest absolute Gasteiger partial charge is 0.335 e. The monoisotopic (exact) mass is 337 g/mol. The van der Waals surface area contributed by atoms with Gasteiger partial charge in [0.1, 0.15) is 11.4 Å². The van der Waals surface area contributed by atoms with Gasteiger partial charge in [0.2, 0.25) is 0 Å². The fourth-order valence-corrected chi connectivity index (χ4v) is 2.38. The molecule has 2 aromatic carbocycles. The van der Waals surface area contributed by atoms with Crippen LogP contribution < -0.4 is 4.74 Å². The molecule has 0 aliphatic heterocycles. The summed E-state index contributed by atoms with van der Waals surface area (Å²) in [6, 6.07) is 16.1. The average Bonchev–Trinajstić information content (AvgIpc) is 3.13. The number of unbranched alkanes of at least 4 members (excludes halogenated alkanes) is 1. The van der Waals surface area contributed by atoms with Gasteiger partial charge in [-0.15, -0.1) is 0 Å². The molecular formula is C20H19NO4. The minimum absolute atomic E-state index is 0.242. The highest BCUT2D eigenvalue weighted by Gasteiger charge is 2.10. The van der Waals surface area contributed by atoms with Gasteiger partial charge >= 0.3 is 5.97 Å². The van der Waals surface area contributed by atoms with Crippen molar-refractivity contribution in [3.8, 4) is 28.3 Å². The molecule has 0 atom stereocenters. The van der Waals surface area contributed by atoms with Gasteiger partial charge in [-0.3, -0.25) is 0 Å². The van der Waals surface area contributed by atoms with Crippen LogP contribution in [-0.2, 0) is 0 Å². The van der Waals surface area contributed by atoms with Gasteiger partial charge < -0.3 is 14.4 Å². The Balaban J connectivity index is 1.73. The Morgan fingerprint density at radius 3 is 2.40 bits per heavy atom. The number of hydrogen-bond donors (Lipinski definition) is 1. The molecule has 0 bridgehead atoms. The largest absolute Gasteiger partial charge is 0.494 e. The highest BCUT2D eigenvalue weighted by Crippen LogP contribution is 2.27. The molecule has 0 fully saturated rings. The van der Waals surface area contributed by atoms with E-state index in [1.54, 1.807) is 24.3 Å². The van der Waals surface area contributed by atoms with Crippen LogP contribution in [0.1, 0.15) is 30.1 Å². The Hall–Kier alpha value is -3.08. The molecule has 0 unspecified atom stereocenters. The van der Waals surface area contributed by atoms with E-state index in [1.165, 1.54) is 0 Å². The lowest BCUT2D eigenvalue weighted by Crippen LogP contribution is -1.95. The number of benzene rings is 2. The first-order valence-corrected chi connectivity index (χ1v) is 8.21. The van der Waals surface area contributed by atoms with E-state index >= 15 is 0 Å².